The SMILES string of the molecule is CN(C)C(=O)Sc1cc(CO)cc(SC(=O)N(C)C)c1.COC(=O)c1cc(SC(=O)N(C)C)cc(SC(=O)N(C)C)c1.COCCO.[AlH2].[Na]. The molecule has 49 heavy (non-hydrogen) atoms. The van der Waals surface area contributed by atoms with E-state index < -0.39 is 5.97 Å². The topological polar surface area (TPSA) is 157 Å². The van der Waals surface area contributed by atoms with Crippen molar-refractivity contribution in [3.63, 3.8) is 0 Å². The third-order valence-electron chi connectivity index (χ3n) is 5.00. The number of hydrogen-bond acceptors (Lipinski definition) is 13. The van der Waals surface area contributed by atoms with Crippen LogP contribution in [0, 0.1) is 0 Å². The van der Waals surface area contributed by atoms with Crippen molar-refractivity contribution < 1.29 is 43.7 Å². The molecule has 0 aliphatic heterocycles. The van der Waals surface area contributed by atoms with Gasteiger partial charge >= 0.3 is 5.97 Å². The van der Waals surface area contributed by atoms with Crippen molar-refractivity contribution in [3.05, 3.63) is 47.5 Å². The van der Waals surface area contributed by atoms with Crippen LogP contribution in [0.5, 0.6) is 0 Å². The molecule has 0 unspecified atom stereocenters. The van der Waals surface area contributed by atoms with E-state index in [0.29, 0.717) is 37.3 Å². The van der Waals surface area contributed by atoms with Gasteiger partial charge in [0.2, 0.25) is 0 Å². The predicted molar refractivity (Wildman–Crippen MR) is 203 cm³/mol. The quantitative estimate of drug-likeness (QED) is 0.225. The summed E-state index contributed by atoms with van der Waals surface area (Å²) in [7, 11) is 16.1. The number of amides is 4. The van der Waals surface area contributed by atoms with Gasteiger partial charge in [-0.25, -0.2) is 4.79 Å². The number of methoxy groups -OCH3 is 2. The molecule has 2 rings (SSSR count). The van der Waals surface area contributed by atoms with Gasteiger partial charge in [-0.1, -0.05) is 0 Å². The number of benzene rings is 2. The molecule has 0 heterocycles. The summed E-state index contributed by atoms with van der Waals surface area (Å²) in [5.74, 6) is -0.515. The van der Waals surface area contributed by atoms with Crippen LogP contribution in [-0.2, 0) is 16.1 Å². The number of carbonyl (C=O) groups is 5. The second-order valence-electron chi connectivity index (χ2n) is 9.92. The number of aliphatic hydroxyl groups excluding tert-OH is 2. The average Bonchev–Trinajstić information content (AvgIpc) is 3.01. The Balaban J connectivity index is -0.000000734. The van der Waals surface area contributed by atoms with Gasteiger partial charge in [-0.2, -0.15) is 0 Å². The first-order chi connectivity index (χ1) is 22.0. The average molecular weight is 785 g/mol. The monoisotopic (exact) mass is 784 g/mol. The van der Waals surface area contributed by atoms with Crippen LogP contribution in [0.4, 0.5) is 19.2 Å². The Kier molecular flexibility index (Phi) is 29.9. The molecule has 0 bridgehead atoms. The van der Waals surface area contributed by atoms with Crippen LogP contribution >= 0.6 is 47.0 Å². The van der Waals surface area contributed by atoms with Gasteiger partial charge < -0.3 is 39.3 Å². The molecular formula is C30H46AlN4NaO9S4. The molecule has 0 aliphatic rings. The third-order valence-corrected chi connectivity index (χ3v) is 9.04. The first-order valence-electron chi connectivity index (χ1n) is 13.6. The minimum atomic E-state index is -0.515. The zero-order chi connectivity index (χ0) is 36.3. The fourth-order valence-electron chi connectivity index (χ4n) is 2.62. The molecule has 0 saturated carbocycles. The molecule has 0 atom stereocenters. The van der Waals surface area contributed by atoms with Gasteiger partial charge in [0.25, 0.3) is 21.0 Å². The van der Waals surface area contributed by atoms with Crippen molar-refractivity contribution in [1.82, 2.24) is 19.6 Å². The van der Waals surface area contributed by atoms with Crippen molar-refractivity contribution in [2.45, 2.75) is 26.2 Å². The Labute approximate surface area is 339 Å². The molecule has 0 aliphatic carbocycles. The van der Waals surface area contributed by atoms with E-state index in [1.165, 1.54) is 26.7 Å². The van der Waals surface area contributed by atoms with Crippen LogP contribution in [0.15, 0.2) is 56.0 Å². The Bertz CT molecular complexity index is 1270. The molecule has 2 radical (unpaired) electrons. The fourth-order valence-corrected chi connectivity index (χ4v) is 5.85. The molecule has 2 aromatic rings. The van der Waals surface area contributed by atoms with Crippen LogP contribution in [0.25, 0.3) is 0 Å². The maximum Gasteiger partial charge on any atom is 0.337 e. The van der Waals surface area contributed by atoms with E-state index in [9.17, 15) is 29.1 Å². The van der Waals surface area contributed by atoms with Crippen LogP contribution in [0.3, 0.4) is 0 Å². The largest absolute Gasteiger partial charge is 0.465 e. The first kappa shape index (κ1) is 52.0. The second kappa shape index (κ2) is 28.2. The standard InChI is InChI=1S/C14H18N2O4S2.C13H18N2O3S2.C3H8O2.Al.Na.2H/c1-15(2)13(18)21-10-6-9(12(17)20-5)7-11(8-10)22-14(19)16(3)4;1-14(2)12(17)19-10-5-9(8-16)6-11(7-10)20-13(18)15(3)4;1-5-3-2-4;;;;/h6-8H,1-5H3;5-7,16H,8H2,1-4H3;4H,2-3H2,1H3;;;;. The normalized spacial score (nSPS) is 9.55. The predicted octanol–water partition coefficient (Wildman–Crippen LogP) is 4.08. The molecule has 0 spiro atoms. The number of aliphatic hydroxyl groups is 2. The van der Waals surface area contributed by atoms with Crippen molar-refractivity contribution in [2.24, 2.45) is 0 Å². The van der Waals surface area contributed by atoms with E-state index in [1.54, 1.807) is 99.9 Å². The maximum atomic E-state index is 11.8. The molecule has 2 aromatic carbocycles. The molecule has 19 heteroatoms. The molecule has 13 nitrogen and oxygen atoms in total. The number of ether oxygens (including phenoxy) is 2. The van der Waals surface area contributed by atoms with Crippen molar-refractivity contribution in [2.75, 3.05) is 83.8 Å². The fraction of sp³-hybridized carbons (Fsp3) is 0.433. The summed E-state index contributed by atoms with van der Waals surface area (Å²) in [5, 5.41) is 16.7. The minimum absolute atomic E-state index is 0. The van der Waals surface area contributed by atoms with Gasteiger partial charge in [0.15, 0.2) is 0 Å². The number of esters is 1. The summed E-state index contributed by atoms with van der Waals surface area (Å²) in [5.41, 5.74) is 0.976. The van der Waals surface area contributed by atoms with Gasteiger partial charge in [0.05, 0.1) is 32.5 Å². The molecule has 4 amide bonds. The van der Waals surface area contributed by atoms with Crippen molar-refractivity contribution in [3.8, 4) is 0 Å². The van der Waals surface area contributed by atoms with E-state index in [2.05, 4.69) is 4.74 Å². The van der Waals surface area contributed by atoms with Crippen LogP contribution in [-0.4, -0.2) is 187 Å². The van der Waals surface area contributed by atoms with E-state index >= 15 is 0 Å². The number of thioether (sulfide) groups is 4. The number of rotatable bonds is 8. The van der Waals surface area contributed by atoms with Crippen LogP contribution < -0.4 is 0 Å². The Morgan fingerprint density at radius 3 is 1.10 bits per heavy atom. The smallest absolute Gasteiger partial charge is 0.337 e. The van der Waals surface area contributed by atoms with Crippen molar-refractivity contribution >= 4 is 121 Å². The van der Waals surface area contributed by atoms with Gasteiger partial charge in [0.1, 0.15) is 17.4 Å². The van der Waals surface area contributed by atoms with Crippen LogP contribution in [0.2, 0.25) is 0 Å². The summed E-state index contributed by atoms with van der Waals surface area (Å²) in [6.07, 6.45) is 0. The molecule has 2 N–H and O–H groups in total. The van der Waals surface area contributed by atoms with Crippen molar-refractivity contribution in [1.29, 1.82) is 0 Å². The summed E-state index contributed by atoms with van der Waals surface area (Å²) < 4.78 is 9.14. The molecule has 0 aromatic heterocycles. The third kappa shape index (κ3) is 22.2. The summed E-state index contributed by atoms with van der Waals surface area (Å²) in [6, 6.07) is 10.1. The molecule has 0 saturated heterocycles. The summed E-state index contributed by atoms with van der Waals surface area (Å²) in [6.45, 7) is 0.435. The molecule has 0 fully saturated rings. The molecular weight excluding hydrogens is 739 g/mol. The maximum absolute atomic E-state index is 11.8. The van der Waals surface area contributed by atoms with Gasteiger partial charge in [-0.3, -0.25) is 19.2 Å². The number of nitrogens with zero attached hydrogens (tertiary/aromatic N) is 4. The summed E-state index contributed by atoms with van der Waals surface area (Å²) in [4.78, 5) is 67.1. The second-order valence-corrected chi connectivity index (χ2v) is 14.0. The number of carbonyl (C=O) groups excluding carboxylic acids is 5. The Hall–Kier alpha value is -1.40. The van der Waals surface area contributed by atoms with Gasteiger partial charge in [0, 0.05) is 113 Å². The van der Waals surface area contributed by atoms with E-state index in [-0.39, 0.29) is 81.1 Å². The summed E-state index contributed by atoms with van der Waals surface area (Å²) >= 11 is 4.11. The van der Waals surface area contributed by atoms with E-state index in [4.69, 9.17) is 9.84 Å². The zero-order valence-corrected chi connectivity index (χ0v) is 37.5. The van der Waals surface area contributed by atoms with Gasteiger partial charge in [-0.05, 0) is 89.0 Å². The molecule has 268 valence electrons. The Morgan fingerprint density at radius 1 is 0.592 bits per heavy atom. The van der Waals surface area contributed by atoms with Crippen LogP contribution in [0.1, 0.15) is 15.9 Å². The first-order valence-corrected chi connectivity index (χ1v) is 16.9. The van der Waals surface area contributed by atoms with E-state index in [1.807, 2.05) is 0 Å². The number of hydrogen-bond donors (Lipinski definition) is 2. The van der Waals surface area contributed by atoms with E-state index in [0.717, 1.165) is 47.0 Å². The minimum Gasteiger partial charge on any atom is -0.465 e. The van der Waals surface area contributed by atoms with Gasteiger partial charge in [-0.15, -0.1) is 0 Å². The zero-order valence-electron chi connectivity index (χ0n) is 30.3. The Morgan fingerprint density at radius 2 is 0.898 bits per heavy atom.